The molecule has 0 bridgehead atoms. The molecule has 6 rings (SSSR count). The summed E-state index contributed by atoms with van der Waals surface area (Å²) in [6.45, 7) is 0.582. The lowest BCUT2D eigenvalue weighted by Crippen LogP contribution is -2.57. The van der Waals surface area contributed by atoms with Gasteiger partial charge in [-0.15, -0.1) is 11.3 Å². The first kappa shape index (κ1) is 21.0. The second-order valence-electron chi connectivity index (χ2n) is 9.61. The van der Waals surface area contributed by atoms with Gasteiger partial charge in [0.05, 0.1) is 28.2 Å². The molecule has 0 radical (unpaired) electrons. The van der Waals surface area contributed by atoms with Gasteiger partial charge >= 0.3 is 5.97 Å². The van der Waals surface area contributed by atoms with E-state index in [2.05, 4.69) is 19.9 Å². The molecule has 2 N–H and O–H groups in total. The van der Waals surface area contributed by atoms with Crippen LogP contribution in [0, 0.1) is 11.3 Å². The summed E-state index contributed by atoms with van der Waals surface area (Å²) >= 11 is 1.57. The number of carboxylic acid groups (broad SMARTS) is 1. The van der Waals surface area contributed by atoms with Gasteiger partial charge in [-0.25, -0.2) is 9.97 Å². The maximum absolute atomic E-state index is 13.1. The molecule has 3 aromatic heterocycles. The molecule has 2 fully saturated rings. The van der Waals surface area contributed by atoms with Gasteiger partial charge in [-0.3, -0.25) is 9.59 Å². The van der Waals surface area contributed by atoms with E-state index < -0.39 is 5.97 Å². The summed E-state index contributed by atoms with van der Waals surface area (Å²) < 4.78 is 3.15. The van der Waals surface area contributed by atoms with Gasteiger partial charge in [0.1, 0.15) is 0 Å². The van der Waals surface area contributed by atoms with Crippen molar-refractivity contribution >= 4 is 33.4 Å². The molecular weight excluding hydrogens is 448 g/mol. The maximum atomic E-state index is 13.1. The van der Waals surface area contributed by atoms with Gasteiger partial charge in [0, 0.05) is 41.1 Å². The molecule has 7 nitrogen and oxygen atoms in total. The Balaban J connectivity index is 1.14. The molecule has 4 aromatic rings. The van der Waals surface area contributed by atoms with Crippen molar-refractivity contribution in [3.05, 3.63) is 71.5 Å². The van der Waals surface area contributed by atoms with Gasteiger partial charge < -0.3 is 15.0 Å². The average molecular weight is 473 g/mol. The van der Waals surface area contributed by atoms with Crippen LogP contribution < -0.4 is 5.32 Å². The van der Waals surface area contributed by atoms with Crippen LogP contribution in [0.3, 0.4) is 0 Å². The van der Waals surface area contributed by atoms with Crippen LogP contribution in [0.25, 0.3) is 21.6 Å². The number of amides is 1. The largest absolute Gasteiger partial charge is 0.481 e. The minimum absolute atomic E-state index is 0.0594. The van der Waals surface area contributed by atoms with Crippen LogP contribution >= 0.6 is 11.3 Å². The fourth-order valence-corrected chi connectivity index (χ4v) is 6.46. The van der Waals surface area contributed by atoms with E-state index in [1.54, 1.807) is 11.3 Å². The topological polar surface area (TPSA) is 97.1 Å². The molecule has 34 heavy (non-hydrogen) atoms. The summed E-state index contributed by atoms with van der Waals surface area (Å²) in [6.07, 6.45) is 8.91. The Morgan fingerprint density at radius 1 is 1.09 bits per heavy atom. The normalized spacial score (nSPS) is 23.4. The summed E-state index contributed by atoms with van der Waals surface area (Å²) in [5.74, 6) is -0.269. The van der Waals surface area contributed by atoms with Gasteiger partial charge in [0.15, 0.2) is 5.82 Å². The lowest BCUT2D eigenvalue weighted by atomic mass is 9.50. The van der Waals surface area contributed by atoms with Crippen molar-refractivity contribution in [1.29, 1.82) is 0 Å². The fraction of sp³-hybridized carbons (Fsp3) is 0.308. The van der Waals surface area contributed by atoms with Gasteiger partial charge in [-0.2, -0.15) is 0 Å². The number of carboxylic acids is 1. The van der Waals surface area contributed by atoms with Gasteiger partial charge in [-0.1, -0.05) is 30.3 Å². The summed E-state index contributed by atoms with van der Waals surface area (Å²) in [6, 6.07) is 12.0. The fourth-order valence-electron chi connectivity index (χ4n) is 5.52. The third-order valence-corrected chi connectivity index (χ3v) is 8.16. The lowest BCUT2D eigenvalue weighted by molar-refractivity contribution is -0.155. The minimum Gasteiger partial charge on any atom is -0.481 e. The molecule has 1 amide bonds. The summed E-state index contributed by atoms with van der Waals surface area (Å²) in [5.41, 5.74) is 3.70. The first-order chi connectivity index (χ1) is 16.5. The van der Waals surface area contributed by atoms with Crippen molar-refractivity contribution in [2.45, 2.75) is 38.3 Å². The van der Waals surface area contributed by atoms with Crippen molar-refractivity contribution in [3.63, 3.8) is 0 Å². The summed E-state index contributed by atoms with van der Waals surface area (Å²) in [5, 5.41) is 14.2. The predicted octanol–water partition coefficient (Wildman–Crippen LogP) is 4.58. The van der Waals surface area contributed by atoms with Crippen molar-refractivity contribution in [3.8, 4) is 11.4 Å². The minimum atomic E-state index is -0.695. The number of fused-ring (bicyclic) bond motifs is 1. The van der Waals surface area contributed by atoms with Crippen LogP contribution in [-0.2, 0) is 11.3 Å². The second-order valence-corrected chi connectivity index (χ2v) is 10.5. The van der Waals surface area contributed by atoms with Crippen LogP contribution in [0.2, 0.25) is 0 Å². The number of aliphatic carboxylic acids is 1. The van der Waals surface area contributed by atoms with E-state index in [-0.39, 0.29) is 23.3 Å². The third kappa shape index (κ3) is 3.68. The Hall–Kier alpha value is -3.52. The number of thiophene rings is 1. The van der Waals surface area contributed by atoms with Crippen molar-refractivity contribution < 1.29 is 14.7 Å². The van der Waals surface area contributed by atoms with Crippen LogP contribution in [0.5, 0.6) is 0 Å². The number of hydrogen-bond donors (Lipinski definition) is 2. The van der Waals surface area contributed by atoms with Crippen molar-refractivity contribution in [1.82, 2.24) is 19.9 Å². The molecule has 1 spiro atoms. The Bertz CT molecular complexity index is 1360. The highest BCUT2D eigenvalue weighted by atomic mass is 32.1. The zero-order chi connectivity index (χ0) is 23.3. The van der Waals surface area contributed by atoms with Gasteiger partial charge in [-0.05, 0) is 37.2 Å². The number of carbonyl (C=O) groups is 2. The van der Waals surface area contributed by atoms with Gasteiger partial charge in [0.25, 0.3) is 5.91 Å². The molecule has 0 aliphatic heterocycles. The molecule has 0 saturated heterocycles. The number of aromatic nitrogens is 3. The van der Waals surface area contributed by atoms with E-state index >= 15 is 0 Å². The van der Waals surface area contributed by atoms with Crippen LogP contribution in [0.4, 0.5) is 0 Å². The number of rotatable bonds is 6. The van der Waals surface area contributed by atoms with E-state index in [9.17, 15) is 9.59 Å². The molecule has 2 aliphatic carbocycles. The number of benzene rings is 1. The Morgan fingerprint density at radius 2 is 1.82 bits per heavy atom. The van der Waals surface area contributed by atoms with Crippen LogP contribution in [0.15, 0.2) is 60.4 Å². The molecule has 8 heteroatoms. The van der Waals surface area contributed by atoms with Crippen molar-refractivity contribution in [2.24, 2.45) is 11.3 Å². The molecule has 2 saturated carbocycles. The predicted molar refractivity (Wildman–Crippen MR) is 130 cm³/mol. The molecule has 0 unspecified atom stereocenters. The molecule has 172 valence electrons. The lowest BCUT2D eigenvalue weighted by Gasteiger charge is -2.56. The molecule has 3 heterocycles. The SMILES string of the molecule is O=C(NC1CC2(C1)CC(C(=O)O)C2)c1csc2ccn(Cc3cnc(-c4ccccc4)nc3)c12. The monoisotopic (exact) mass is 472 g/mol. The molecular formula is C26H24N4O3S. The maximum Gasteiger partial charge on any atom is 0.306 e. The molecule has 0 atom stereocenters. The standard InChI is InChI=1S/C26H24N4O3S/c31-24(29-19-10-26(11-19)8-18(9-26)25(32)33)20-15-34-21-6-7-30(22(20)21)14-16-12-27-23(28-13-16)17-4-2-1-3-5-17/h1-7,12-13,15,18-19H,8-11,14H2,(H,29,31)(H,32,33). The zero-order valence-corrected chi connectivity index (χ0v) is 19.3. The zero-order valence-electron chi connectivity index (χ0n) is 18.5. The first-order valence-electron chi connectivity index (χ1n) is 11.5. The number of carbonyl (C=O) groups excluding carboxylic acids is 1. The highest BCUT2D eigenvalue weighted by molar-refractivity contribution is 7.17. The Morgan fingerprint density at radius 3 is 2.53 bits per heavy atom. The molecule has 2 aliphatic rings. The number of nitrogens with zero attached hydrogens (tertiary/aromatic N) is 3. The first-order valence-corrected chi connectivity index (χ1v) is 12.3. The highest BCUT2D eigenvalue weighted by Crippen LogP contribution is 2.58. The average Bonchev–Trinajstić information content (AvgIpc) is 3.38. The quantitative estimate of drug-likeness (QED) is 0.428. The second kappa shape index (κ2) is 8.06. The van der Waals surface area contributed by atoms with Crippen LogP contribution in [-0.4, -0.2) is 37.6 Å². The van der Waals surface area contributed by atoms with E-state index in [0.717, 1.165) is 47.0 Å². The van der Waals surface area contributed by atoms with E-state index in [1.165, 1.54) is 0 Å². The number of nitrogens with one attached hydrogen (secondary N) is 1. The summed E-state index contributed by atoms with van der Waals surface area (Å²) in [7, 11) is 0. The summed E-state index contributed by atoms with van der Waals surface area (Å²) in [4.78, 5) is 33.2. The molecule has 1 aromatic carbocycles. The number of hydrogen-bond acceptors (Lipinski definition) is 5. The third-order valence-electron chi connectivity index (χ3n) is 7.22. The van der Waals surface area contributed by atoms with E-state index in [1.807, 2.05) is 60.4 Å². The smallest absolute Gasteiger partial charge is 0.306 e. The van der Waals surface area contributed by atoms with Crippen LogP contribution in [0.1, 0.15) is 41.6 Å². The van der Waals surface area contributed by atoms with E-state index in [0.29, 0.717) is 17.9 Å². The Labute approximate surface area is 200 Å². The van der Waals surface area contributed by atoms with E-state index in [4.69, 9.17) is 5.11 Å². The highest BCUT2D eigenvalue weighted by Gasteiger charge is 2.55. The van der Waals surface area contributed by atoms with Gasteiger partial charge in [0.2, 0.25) is 0 Å². The van der Waals surface area contributed by atoms with Crippen molar-refractivity contribution in [2.75, 3.05) is 0 Å². The Kier molecular flexibility index (Phi) is 4.99.